The molecule has 0 aliphatic heterocycles. The quantitative estimate of drug-likeness (QED) is 0.872. The molecule has 0 heterocycles. The number of aliphatic hydroxyl groups is 1. The number of aliphatic hydroxyl groups excluding tert-OH is 1. The van der Waals surface area contributed by atoms with Gasteiger partial charge in [0, 0.05) is 13.0 Å². The molecule has 3 heteroatoms. The molecule has 1 aliphatic carbocycles. The molecule has 3 atom stereocenters. The van der Waals surface area contributed by atoms with E-state index in [2.05, 4.69) is 12.1 Å². The predicted octanol–water partition coefficient (Wildman–Crippen LogP) is 2.38. The third kappa shape index (κ3) is 3.55. The average molecular weight is 250 g/mol. The summed E-state index contributed by atoms with van der Waals surface area (Å²) in [6.07, 6.45) is 2.67. The first-order valence-electron chi connectivity index (χ1n) is 6.64. The lowest BCUT2D eigenvalue weighted by molar-refractivity contribution is -0.0871. The van der Waals surface area contributed by atoms with Crippen LogP contribution < -0.4 is 0 Å². The van der Waals surface area contributed by atoms with Gasteiger partial charge in [-0.15, -0.1) is 0 Å². The van der Waals surface area contributed by atoms with Gasteiger partial charge >= 0.3 is 0 Å². The third-order valence-corrected chi connectivity index (χ3v) is 3.67. The highest BCUT2D eigenvalue weighted by Crippen LogP contribution is 2.27. The van der Waals surface area contributed by atoms with E-state index in [4.69, 9.17) is 9.47 Å². The van der Waals surface area contributed by atoms with Crippen LogP contribution in [0, 0.1) is 5.92 Å². The lowest BCUT2D eigenvalue weighted by Crippen LogP contribution is -2.40. The normalized spacial score (nSPS) is 28.2. The molecule has 3 nitrogen and oxygen atoms in total. The molecule has 0 saturated heterocycles. The molecule has 1 aromatic rings. The number of hydrogen-bond acceptors (Lipinski definition) is 3. The standard InChI is InChI=1S/C15H22O3/c1-17-14-9-5-8-13(15(14)16)11-18-10-12-6-3-2-4-7-12/h2-4,6-7,13-16H,5,8-11H2,1H3/t13-,14+,15+/m1/s1. The van der Waals surface area contributed by atoms with Crippen LogP contribution in [-0.4, -0.2) is 31.0 Å². The summed E-state index contributed by atoms with van der Waals surface area (Å²) < 4.78 is 11.0. The Bertz CT molecular complexity index is 339. The lowest BCUT2D eigenvalue weighted by atomic mass is 9.85. The van der Waals surface area contributed by atoms with Gasteiger partial charge in [0.05, 0.1) is 25.4 Å². The molecule has 100 valence electrons. The van der Waals surface area contributed by atoms with Crippen LogP contribution in [0.25, 0.3) is 0 Å². The van der Waals surface area contributed by atoms with E-state index in [-0.39, 0.29) is 18.1 Å². The smallest absolute Gasteiger partial charge is 0.0851 e. The van der Waals surface area contributed by atoms with Crippen LogP contribution in [-0.2, 0) is 16.1 Å². The number of benzene rings is 1. The van der Waals surface area contributed by atoms with Crippen LogP contribution in [0.4, 0.5) is 0 Å². The zero-order chi connectivity index (χ0) is 12.8. The van der Waals surface area contributed by atoms with Crippen molar-refractivity contribution in [2.24, 2.45) is 5.92 Å². The number of ether oxygens (including phenoxy) is 2. The van der Waals surface area contributed by atoms with E-state index in [0.717, 1.165) is 19.3 Å². The SMILES string of the molecule is CO[C@H]1CCC[C@H](COCc2ccccc2)[C@@H]1O. The highest BCUT2D eigenvalue weighted by molar-refractivity contribution is 5.13. The second-order valence-corrected chi connectivity index (χ2v) is 4.96. The molecule has 0 unspecified atom stereocenters. The highest BCUT2D eigenvalue weighted by Gasteiger charge is 2.31. The van der Waals surface area contributed by atoms with Gasteiger partial charge in [-0.2, -0.15) is 0 Å². The first kappa shape index (κ1) is 13.5. The van der Waals surface area contributed by atoms with Crippen molar-refractivity contribution in [3.8, 4) is 0 Å². The van der Waals surface area contributed by atoms with Gasteiger partial charge in [0.15, 0.2) is 0 Å². The van der Waals surface area contributed by atoms with Crippen molar-refractivity contribution in [3.05, 3.63) is 35.9 Å². The van der Waals surface area contributed by atoms with Gasteiger partial charge < -0.3 is 14.6 Å². The lowest BCUT2D eigenvalue weighted by Gasteiger charge is -2.33. The molecule has 2 rings (SSSR count). The second-order valence-electron chi connectivity index (χ2n) is 4.96. The molecule has 1 fully saturated rings. The van der Waals surface area contributed by atoms with Crippen molar-refractivity contribution in [1.82, 2.24) is 0 Å². The second kappa shape index (κ2) is 6.88. The molecule has 0 bridgehead atoms. The minimum absolute atomic E-state index is 0.0240. The van der Waals surface area contributed by atoms with Gasteiger partial charge in [0.25, 0.3) is 0 Å². The molecule has 0 radical (unpaired) electrons. The maximum atomic E-state index is 10.1. The number of hydrogen-bond donors (Lipinski definition) is 1. The van der Waals surface area contributed by atoms with Gasteiger partial charge in [-0.3, -0.25) is 0 Å². The van der Waals surface area contributed by atoms with Crippen molar-refractivity contribution in [2.45, 2.75) is 38.1 Å². The minimum atomic E-state index is -0.389. The van der Waals surface area contributed by atoms with E-state index in [1.165, 1.54) is 5.56 Å². The molecular formula is C15H22O3. The van der Waals surface area contributed by atoms with Crippen LogP contribution in [0.3, 0.4) is 0 Å². The Hall–Kier alpha value is -0.900. The van der Waals surface area contributed by atoms with Crippen LogP contribution in [0.15, 0.2) is 30.3 Å². The molecular weight excluding hydrogens is 228 g/mol. The van der Waals surface area contributed by atoms with Crippen LogP contribution >= 0.6 is 0 Å². The average Bonchev–Trinajstić information content (AvgIpc) is 2.42. The summed E-state index contributed by atoms with van der Waals surface area (Å²) in [4.78, 5) is 0. The van der Waals surface area contributed by atoms with Crippen LogP contribution in [0.1, 0.15) is 24.8 Å². The van der Waals surface area contributed by atoms with Gasteiger partial charge in [-0.1, -0.05) is 36.8 Å². The molecule has 0 aromatic heterocycles. The van der Waals surface area contributed by atoms with Gasteiger partial charge in [0.1, 0.15) is 0 Å². The molecule has 0 amide bonds. The Morgan fingerprint density at radius 2 is 2.00 bits per heavy atom. The first-order valence-corrected chi connectivity index (χ1v) is 6.64. The molecule has 1 N–H and O–H groups in total. The fourth-order valence-corrected chi connectivity index (χ4v) is 2.57. The van der Waals surface area contributed by atoms with Crippen LogP contribution in [0.2, 0.25) is 0 Å². The fourth-order valence-electron chi connectivity index (χ4n) is 2.57. The van der Waals surface area contributed by atoms with E-state index in [1.54, 1.807) is 7.11 Å². The summed E-state index contributed by atoms with van der Waals surface area (Å²) in [6.45, 7) is 1.22. The Morgan fingerprint density at radius 3 is 2.72 bits per heavy atom. The Labute approximate surface area is 109 Å². The van der Waals surface area contributed by atoms with Gasteiger partial charge in [-0.25, -0.2) is 0 Å². The van der Waals surface area contributed by atoms with Crippen molar-refractivity contribution in [1.29, 1.82) is 0 Å². The van der Waals surface area contributed by atoms with E-state index >= 15 is 0 Å². The fraction of sp³-hybridized carbons (Fsp3) is 0.600. The topological polar surface area (TPSA) is 38.7 Å². The maximum absolute atomic E-state index is 10.1. The van der Waals surface area contributed by atoms with Crippen LogP contribution in [0.5, 0.6) is 0 Å². The van der Waals surface area contributed by atoms with Crippen molar-refractivity contribution in [3.63, 3.8) is 0 Å². The molecule has 18 heavy (non-hydrogen) atoms. The van der Waals surface area contributed by atoms with Gasteiger partial charge in [-0.05, 0) is 18.4 Å². The monoisotopic (exact) mass is 250 g/mol. The molecule has 1 aliphatic rings. The number of methoxy groups -OCH3 is 1. The van der Waals surface area contributed by atoms with Crippen molar-refractivity contribution < 1.29 is 14.6 Å². The Morgan fingerprint density at radius 1 is 1.22 bits per heavy atom. The zero-order valence-corrected chi connectivity index (χ0v) is 10.9. The van der Waals surface area contributed by atoms with E-state index < -0.39 is 0 Å². The van der Waals surface area contributed by atoms with E-state index in [1.807, 2.05) is 18.2 Å². The summed E-state index contributed by atoms with van der Waals surface area (Å²) >= 11 is 0. The summed E-state index contributed by atoms with van der Waals surface area (Å²) in [5.41, 5.74) is 1.17. The predicted molar refractivity (Wildman–Crippen MR) is 70.2 cm³/mol. The Kier molecular flexibility index (Phi) is 5.17. The minimum Gasteiger partial charge on any atom is -0.390 e. The molecule has 1 aromatic carbocycles. The zero-order valence-electron chi connectivity index (χ0n) is 10.9. The molecule has 0 spiro atoms. The third-order valence-electron chi connectivity index (χ3n) is 3.67. The molecule has 1 saturated carbocycles. The number of rotatable bonds is 5. The van der Waals surface area contributed by atoms with Crippen molar-refractivity contribution >= 4 is 0 Å². The highest BCUT2D eigenvalue weighted by atomic mass is 16.5. The largest absolute Gasteiger partial charge is 0.390 e. The maximum Gasteiger partial charge on any atom is 0.0851 e. The summed E-state index contributed by atoms with van der Waals surface area (Å²) in [6, 6.07) is 10.1. The van der Waals surface area contributed by atoms with Crippen molar-refractivity contribution in [2.75, 3.05) is 13.7 Å². The van der Waals surface area contributed by atoms with Gasteiger partial charge in [0.2, 0.25) is 0 Å². The summed E-state index contributed by atoms with van der Waals surface area (Å²) in [7, 11) is 1.67. The first-order chi connectivity index (χ1) is 8.81. The van der Waals surface area contributed by atoms with E-state index in [9.17, 15) is 5.11 Å². The summed E-state index contributed by atoms with van der Waals surface area (Å²) in [5, 5.41) is 10.1. The Balaban J connectivity index is 1.76. The van der Waals surface area contributed by atoms with E-state index in [0.29, 0.717) is 13.2 Å². The summed E-state index contributed by atoms with van der Waals surface area (Å²) in [5.74, 6) is 0.201.